The normalized spacial score (nSPS) is 11.0. The molecule has 3 N–H and O–H groups in total. The van der Waals surface area contributed by atoms with E-state index in [1.165, 1.54) is 24.3 Å². The van der Waals surface area contributed by atoms with E-state index in [0.29, 0.717) is 17.0 Å². The fourth-order valence-electron chi connectivity index (χ4n) is 3.03. The summed E-state index contributed by atoms with van der Waals surface area (Å²) in [4.78, 5) is 25.0. The van der Waals surface area contributed by atoms with Crippen LogP contribution in [0.5, 0.6) is 5.75 Å². The molecule has 35 heavy (non-hydrogen) atoms. The Bertz CT molecular complexity index is 1230. The van der Waals surface area contributed by atoms with Gasteiger partial charge in [-0.05, 0) is 80.7 Å². The summed E-state index contributed by atoms with van der Waals surface area (Å²) in [6.45, 7) is 3.70. The Kier molecular flexibility index (Phi) is 8.08. The quantitative estimate of drug-likeness (QED) is 0.368. The van der Waals surface area contributed by atoms with Gasteiger partial charge in [-0.15, -0.1) is 0 Å². The van der Waals surface area contributed by atoms with Crippen molar-refractivity contribution in [3.8, 4) is 5.75 Å². The zero-order chi connectivity index (χ0) is 25.6. The molecule has 3 aromatic carbocycles. The summed E-state index contributed by atoms with van der Waals surface area (Å²) in [5.41, 5.74) is 0.216. The van der Waals surface area contributed by atoms with Gasteiger partial charge in [0.05, 0.1) is 17.2 Å². The van der Waals surface area contributed by atoms with Crippen LogP contribution in [0.3, 0.4) is 0 Å². The molecule has 0 spiro atoms. The molecule has 0 aliphatic heterocycles. The highest BCUT2D eigenvalue weighted by Crippen LogP contribution is 2.30. The van der Waals surface area contributed by atoms with Gasteiger partial charge in [0.15, 0.2) is 5.11 Å². The summed E-state index contributed by atoms with van der Waals surface area (Å²) < 4.78 is 44.2. The minimum absolute atomic E-state index is 0.0256. The number of nitrogens with one attached hydrogen (secondary N) is 3. The molecule has 0 aliphatic carbocycles. The van der Waals surface area contributed by atoms with Gasteiger partial charge in [-0.1, -0.05) is 18.2 Å². The Balaban J connectivity index is 1.60. The van der Waals surface area contributed by atoms with Gasteiger partial charge in [-0.2, -0.15) is 13.2 Å². The minimum Gasteiger partial charge on any atom is -0.490 e. The van der Waals surface area contributed by atoms with Crippen molar-refractivity contribution in [3.63, 3.8) is 0 Å². The molecule has 182 valence electrons. The molecule has 0 radical (unpaired) electrons. The minimum atomic E-state index is -4.51. The summed E-state index contributed by atoms with van der Waals surface area (Å²) in [7, 11) is 0. The third kappa shape index (κ3) is 7.28. The second-order valence-electron chi connectivity index (χ2n) is 7.68. The zero-order valence-electron chi connectivity index (χ0n) is 18.8. The first-order valence-corrected chi connectivity index (χ1v) is 10.9. The largest absolute Gasteiger partial charge is 0.490 e. The number of halogens is 3. The van der Waals surface area contributed by atoms with E-state index in [1.54, 1.807) is 36.4 Å². The van der Waals surface area contributed by atoms with E-state index in [-0.39, 0.29) is 22.5 Å². The lowest BCUT2D eigenvalue weighted by atomic mass is 10.1. The lowest BCUT2D eigenvalue weighted by molar-refractivity contribution is -0.137. The second-order valence-corrected chi connectivity index (χ2v) is 8.09. The number of alkyl halides is 3. The van der Waals surface area contributed by atoms with Gasteiger partial charge >= 0.3 is 6.18 Å². The third-order valence-corrected chi connectivity index (χ3v) is 4.78. The van der Waals surface area contributed by atoms with Gasteiger partial charge in [0.1, 0.15) is 5.75 Å². The van der Waals surface area contributed by atoms with Crippen LogP contribution in [0.1, 0.15) is 40.1 Å². The van der Waals surface area contributed by atoms with E-state index in [9.17, 15) is 22.8 Å². The van der Waals surface area contributed by atoms with Crippen molar-refractivity contribution in [1.82, 2.24) is 5.32 Å². The Morgan fingerprint density at radius 2 is 1.54 bits per heavy atom. The molecule has 10 heteroatoms. The van der Waals surface area contributed by atoms with E-state index in [0.717, 1.165) is 12.1 Å². The summed E-state index contributed by atoms with van der Waals surface area (Å²) >= 11 is 5.20. The predicted octanol–water partition coefficient (Wildman–Crippen LogP) is 5.87. The lowest BCUT2D eigenvalue weighted by Crippen LogP contribution is -2.34. The zero-order valence-corrected chi connectivity index (χ0v) is 19.6. The van der Waals surface area contributed by atoms with Crippen LogP contribution in [0.4, 0.5) is 24.5 Å². The number of thiocarbonyl (C=S) groups is 1. The van der Waals surface area contributed by atoms with Crippen molar-refractivity contribution >= 4 is 40.5 Å². The smallest absolute Gasteiger partial charge is 0.416 e. The van der Waals surface area contributed by atoms with Gasteiger partial charge in [-0.3, -0.25) is 14.9 Å². The van der Waals surface area contributed by atoms with Gasteiger partial charge in [0, 0.05) is 16.9 Å². The first-order chi connectivity index (χ1) is 16.5. The van der Waals surface area contributed by atoms with Gasteiger partial charge in [0.2, 0.25) is 0 Å². The highest BCUT2D eigenvalue weighted by Gasteiger charge is 2.30. The van der Waals surface area contributed by atoms with Crippen LogP contribution in [0.2, 0.25) is 0 Å². The van der Waals surface area contributed by atoms with Crippen molar-refractivity contribution < 1.29 is 27.5 Å². The van der Waals surface area contributed by atoms with Crippen LogP contribution in [0.25, 0.3) is 0 Å². The van der Waals surface area contributed by atoms with Crippen LogP contribution in [-0.4, -0.2) is 23.0 Å². The monoisotopic (exact) mass is 501 g/mol. The Morgan fingerprint density at radius 1 is 0.857 bits per heavy atom. The number of amides is 2. The number of benzene rings is 3. The maximum Gasteiger partial charge on any atom is 0.416 e. The highest BCUT2D eigenvalue weighted by molar-refractivity contribution is 7.80. The number of hydrogen-bond donors (Lipinski definition) is 3. The standard InChI is InChI=1S/C25H22F3N3O3S/c1-15(2)34-21-9-4-3-8-20(21)23(33)31-24(35)30-18-12-10-16(11-13-18)22(32)29-19-7-5-6-17(14-19)25(26,27)28/h3-15H,1-2H3,(H,29,32)(H2,30,31,33,35). The van der Waals surface area contributed by atoms with Crippen LogP contribution < -0.4 is 20.7 Å². The van der Waals surface area contributed by atoms with Gasteiger partial charge in [0.25, 0.3) is 11.8 Å². The average Bonchev–Trinajstić information content (AvgIpc) is 2.79. The fourth-order valence-corrected chi connectivity index (χ4v) is 3.24. The molecule has 0 saturated heterocycles. The van der Waals surface area contributed by atoms with Crippen molar-refractivity contribution in [2.24, 2.45) is 0 Å². The first kappa shape index (κ1) is 25.7. The predicted molar refractivity (Wildman–Crippen MR) is 132 cm³/mol. The SMILES string of the molecule is CC(C)Oc1ccccc1C(=O)NC(=S)Nc1ccc(C(=O)Nc2cccc(C(F)(F)F)c2)cc1. The molecule has 0 bridgehead atoms. The molecule has 3 aromatic rings. The molecule has 0 aromatic heterocycles. The van der Waals surface area contributed by atoms with E-state index >= 15 is 0 Å². The van der Waals surface area contributed by atoms with Crippen LogP contribution in [0, 0.1) is 0 Å². The molecule has 6 nitrogen and oxygen atoms in total. The molecule has 0 saturated carbocycles. The number of hydrogen-bond acceptors (Lipinski definition) is 4. The van der Waals surface area contributed by atoms with Crippen LogP contribution >= 0.6 is 12.2 Å². The van der Waals surface area contributed by atoms with E-state index < -0.39 is 23.6 Å². The van der Waals surface area contributed by atoms with Crippen molar-refractivity contribution in [2.45, 2.75) is 26.1 Å². The fraction of sp³-hybridized carbons (Fsp3) is 0.160. The number of carbonyl (C=O) groups excluding carboxylic acids is 2. The maximum absolute atomic E-state index is 12.9. The maximum atomic E-state index is 12.9. The summed E-state index contributed by atoms with van der Waals surface area (Å²) in [6.07, 6.45) is -4.62. The lowest BCUT2D eigenvalue weighted by Gasteiger charge is -2.15. The summed E-state index contributed by atoms with van der Waals surface area (Å²) in [5.74, 6) is -0.594. The molecular weight excluding hydrogens is 479 g/mol. The topological polar surface area (TPSA) is 79.5 Å². The molecule has 0 atom stereocenters. The summed E-state index contributed by atoms with van der Waals surface area (Å²) in [6, 6.07) is 17.2. The Hall–Kier alpha value is -3.92. The number of carbonyl (C=O) groups is 2. The van der Waals surface area contributed by atoms with E-state index in [4.69, 9.17) is 17.0 Å². The molecule has 0 unspecified atom stereocenters. The van der Waals surface area contributed by atoms with Crippen LogP contribution in [-0.2, 0) is 6.18 Å². The number of anilines is 2. The second kappa shape index (κ2) is 11.0. The Labute approximate surface area is 205 Å². The Morgan fingerprint density at radius 3 is 2.20 bits per heavy atom. The summed E-state index contributed by atoms with van der Waals surface area (Å²) in [5, 5.41) is 7.90. The highest BCUT2D eigenvalue weighted by atomic mass is 32.1. The van der Waals surface area contributed by atoms with Crippen molar-refractivity contribution in [1.29, 1.82) is 0 Å². The molecule has 0 fully saturated rings. The van der Waals surface area contributed by atoms with Gasteiger partial charge < -0.3 is 15.4 Å². The van der Waals surface area contributed by atoms with Gasteiger partial charge in [-0.25, -0.2) is 0 Å². The number of rotatable bonds is 6. The molecule has 3 rings (SSSR count). The van der Waals surface area contributed by atoms with E-state index in [1.807, 2.05) is 13.8 Å². The van der Waals surface area contributed by atoms with Crippen molar-refractivity contribution in [2.75, 3.05) is 10.6 Å². The average molecular weight is 502 g/mol. The number of para-hydroxylation sites is 1. The van der Waals surface area contributed by atoms with E-state index in [2.05, 4.69) is 16.0 Å². The van der Waals surface area contributed by atoms with Crippen LogP contribution in [0.15, 0.2) is 72.8 Å². The number of ether oxygens (including phenoxy) is 1. The molecule has 0 heterocycles. The molecule has 0 aliphatic rings. The molecular formula is C25H22F3N3O3S. The molecule has 2 amide bonds. The first-order valence-electron chi connectivity index (χ1n) is 10.5. The third-order valence-electron chi connectivity index (χ3n) is 4.57. The van der Waals surface area contributed by atoms with Crippen molar-refractivity contribution in [3.05, 3.63) is 89.5 Å².